The molecule has 0 spiro atoms. The monoisotopic (exact) mass is 869 g/mol. The molecule has 0 saturated heterocycles. The summed E-state index contributed by atoms with van der Waals surface area (Å²) in [5, 5.41) is 7.48. The lowest BCUT2D eigenvalue weighted by molar-refractivity contribution is 0.607. The van der Waals surface area contributed by atoms with Gasteiger partial charge in [-0.3, -0.25) is 0 Å². The van der Waals surface area contributed by atoms with Gasteiger partial charge in [0.15, 0.2) is 0 Å². The fraction of sp³-hybridized carbons (Fsp3) is 0.104. The fourth-order valence-corrected chi connectivity index (χ4v) is 11.8. The summed E-state index contributed by atoms with van der Waals surface area (Å²) < 4.78 is 0. The molecule has 3 aliphatic carbocycles. The summed E-state index contributed by atoms with van der Waals surface area (Å²) in [5.41, 5.74) is 20.9. The van der Waals surface area contributed by atoms with Crippen molar-refractivity contribution in [1.29, 1.82) is 0 Å². The average molecular weight is 870 g/mol. The molecule has 10 aromatic carbocycles. The summed E-state index contributed by atoms with van der Waals surface area (Å²) >= 11 is 0. The molecule has 324 valence electrons. The Hall–Kier alpha value is -8.00. The van der Waals surface area contributed by atoms with Crippen LogP contribution in [0.4, 0.5) is 17.1 Å². The fourth-order valence-electron chi connectivity index (χ4n) is 11.8. The number of anilines is 3. The van der Waals surface area contributed by atoms with Gasteiger partial charge in [-0.2, -0.15) is 0 Å². The zero-order chi connectivity index (χ0) is 45.3. The van der Waals surface area contributed by atoms with E-state index in [4.69, 9.17) is 0 Å². The third-order valence-electron chi connectivity index (χ3n) is 15.3. The number of hydrogen-bond acceptors (Lipinski definition) is 1. The first kappa shape index (κ1) is 40.3. The molecule has 0 radical (unpaired) electrons. The molecule has 1 unspecified atom stereocenters. The quantitative estimate of drug-likeness (QED) is 0.144. The van der Waals surface area contributed by atoms with Gasteiger partial charge in [0.1, 0.15) is 0 Å². The number of nitrogens with zero attached hydrogens (tertiary/aromatic N) is 1. The maximum atomic E-state index is 2.48. The van der Waals surface area contributed by atoms with Crippen molar-refractivity contribution in [3.63, 3.8) is 0 Å². The minimum atomic E-state index is 0.0403. The average Bonchev–Trinajstić information content (AvgIpc) is 3.63. The van der Waals surface area contributed by atoms with Gasteiger partial charge in [0.25, 0.3) is 0 Å². The molecule has 13 rings (SSSR count). The van der Waals surface area contributed by atoms with Crippen molar-refractivity contribution in [2.24, 2.45) is 0 Å². The highest BCUT2D eigenvalue weighted by molar-refractivity contribution is 6.16. The maximum Gasteiger partial charge on any atom is 0.0468 e. The molecule has 0 amide bonds. The molecular formula is C67H51N. The van der Waals surface area contributed by atoms with Crippen molar-refractivity contribution in [2.45, 2.75) is 44.4 Å². The summed E-state index contributed by atoms with van der Waals surface area (Å²) in [6.07, 6.45) is 10.4. The number of fused-ring (bicyclic) bond motifs is 7. The van der Waals surface area contributed by atoms with Crippen molar-refractivity contribution in [1.82, 2.24) is 0 Å². The normalized spacial score (nSPS) is 15.9. The molecule has 1 heteroatoms. The van der Waals surface area contributed by atoms with Crippen LogP contribution in [0.25, 0.3) is 71.8 Å². The van der Waals surface area contributed by atoms with Gasteiger partial charge in [0.2, 0.25) is 0 Å². The topological polar surface area (TPSA) is 3.24 Å². The molecule has 1 atom stereocenters. The van der Waals surface area contributed by atoms with Gasteiger partial charge in [-0.05, 0) is 179 Å². The lowest BCUT2D eigenvalue weighted by Gasteiger charge is -2.28. The molecule has 0 heterocycles. The largest absolute Gasteiger partial charge is 0.310 e. The molecule has 10 aromatic rings. The molecule has 0 fully saturated rings. The molecule has 0 N–H and O–H groups in total. The van der Waals surface area contributed by atoms with Crippen LogP contribution < -0.4 is 4.90 Å². The second-order valence-corrected chi connectivity index (χ2v) is 19.6. The molecule has 68 heavy (non-hydrogen) atoms. The predicted molar refractivity (Wildman–Crippen MR) is 290 cm³/mol. The zero-order valence-corrected chi connectivity index (χ0v) is 38.6. The second-order valence-electron chi connectivity index (χ2n) is 19.6. The Labute approximate surface area is 399 Å². The van der Waals surface area contributed by atoms with Gasteiger partial charge in [-0.25, -0.2) is 0 Å². The Kier molecular flexibility index (Phi) is 9.54. The van der Waals surface area contributed by atoms with Crippen LogP contribution in [0.2, 0.25) is 0 Å². The Morgan fingerprint density at radius 3 is 2.01 bits per heavy atom. The highest BCUT2D eigenvalue weighted by atomic mass is 15.1. The van der Waals surface area contributed by atoms with Crippen LogP contribution in [0, 0.1) is 0 Å². The van der Waals surface area contributed by atoms with Gasteiger partial charge in [-0.15, -0.1) is 0 Å². The van der Waals surface area contributed by atoms with Crippen LogP contribution >= 0.6 is 0 Å². The molecular weight excluding hydrogens is 819 g/mol. The van der Waals surface area contributed by atoms with Crippen molar-refractivity contribution in [2.75, 3.05) is 4.90 Å². The summed E-state index contributed by atoms with van der Waals surface area (Å²) in [4.78, 5) is 2.40. The summed E-state index contributed by atoms with van der Waals surface area (Å²) in [5.74, 6) is 0.259. The van der Waals surface area contributed by atoms with E-state index in [9.17, 15) is 0 Å². The van der Waals surface area contributed by atoms with Gasteiger partial charge in [-0.1, -0.05) is 189 Å². The van der Waals surface area contributed by atoms with Gasteiger partial charge >= 0.3 is 0 Å². The first-order valence-corrected chi connectivity index (χ1v) is 24.3. The van der Waals surface area contributed by atoms with Gasteiger partial charge < -0.3 is 4.90 Å². The van der Waals surface area contributed by atoms with Gasteiger partial charge in [0.05, 0.1) is 0 Å². The van der Waals surface area contributed by atoms with E-state index in [0.29, 0.717) is 0 Å². The first-order valence-electron chi connectivity index (χ1n) is 24.3. The van der Waals surface area contributed by atoms with Crippen molar-refractivity contribution >= 4 is 66.6 Å². The molecule has 0 aromatic heterocycles. The van der Waals surface area contributed by atoms with Crippen LogP contribution in [0.3, 0.4) is 0 Å². The molecule has 0 saturated carbocycles. The van der Waals surface area contributed by atoms with Crippen molar-refractivity contribution < 1.29 is 0 Å². The molecule has 0 bridgehead atoms. The van der Waals surface area contributed by atoms with E-state index in [1.807, 2.05) is 0 Å². The second kappa shape index (κ2) is 16.1. The van der Waals surface area contributed by atoms with Crippen molar-refractivity contribution in [3.05, 3.63) is 263 Å². The maximum absolute atomic E-state index is 2.48. The van der Waals surface area contributed by atoms with E-state index in [0.717, 1.165) is 36.3 Å². The molecule has 3 aliphatic rings. The van der Waals surface area contributed by atoms with Crippen molar-refractivity contribution in [3.8, 4) is 22.3 Å². The van der Waals surface area contributed by atoms with Gasteiger partial charge in [0, 0.05) is 28.4 Å². The predicted octanol–water partition coefficient (Wildman–Crippen LogP) is 18.2. The standard InChI is InChI=1S/C67H51N/c1-67(2)65-24-14-13-23-59(65)60-35-29-50(43-66(60)67)45-27-31-55(32-28-45)68(54-21-7-4-8-22-54)56-33-36-57-53(38-56)42-63(51-26-25-44-15-9-10-18-47(44)37-51)64-41-52(30-34-58(57)64)62-40-49-20-12-11-19-48(49)39-61(62)46-16-5-3-6-17-46/h3-13,15-23,25-38,40-43,61H,14,24,39H2,1-2H3. The number of para-hydroxylation sites is 1. The van der Waals surface area contributed by atoms with E-state index in [-0.39, 0.29) is 11.3 Å². The van der Waals surface area contributed by atoms with E-state index in [1.54, 1.807) is 5.57 Å². The van der Waals surface area contributed by atoms with Crippen LogP contribution in [0.15, 0.2) is 230 Å². The third kappa shape index (κ3) is 6.76. The highest BCUT2D eigenvalue weighted by Gasteiger charge is 2.37. The summed E-state index contributed by atoms with van der Waals surface area (Å²) in [7, 11) is 0. The third-order valence-corrected chi connectivity index (χ3v) is 15.3. The van der Waals surface area contributed by atoms with Crippen LogP contribution in [-0.2, 0) is 11.8 Å². The van der Waals surface area contributed by atoms with Crippen LogP contribution in [-0.4, -0.2) is 0 Å². The Balaban J connectivity index is 0.941. The molecule has 0 aliphatic heterocycles. The van der Waals surface area contributed by atoms with Crippen LogP contribution in [0.1, 0.15) is 66.0 Å². The minimum Gasteiger partial charge on any atom is -0.310 e. The Morgan fingerprint density at radius 1 is 0.471 bits per heavy atom. The zero-order valence-electron chi connectivity index (χ0n) is 38.6. The number of benzene rings is 10. The SMILES string of the molecule is CC1(C)C2=C(C=CCC2)c2ccc(-c3ccc(N(c4ccccc4)c4ccc5c(c4)cc(-c4ccc6ccccc6c4)c4cc(C6=Cc7ccccc7CC6c6ccccc6)ccc45)cc3)cc21. The number of rotatable bonds is 7. The van der Waals surface area contributed by atoms with E-state index in [1.165, 1.54) is 99.1 Å². The van der Waals surface area contributed by atoms with Crippen LogP contribution in [0.5, 0.6) is 0 Å². The lowest BCUT2D eigenvalue weighted by Crippen LogP contribution is -2.17. The smallest absolute Gasteiger partial charge is 0.0468 e. The number of hydrogen-bond donors (Lipinski definition) is 0. The molecule has 1 nitrogen and oxygen atoms in total. The Morgan fingerprint density at radius 2 is 1.16 bits per heavy atom. The van der Waals surface area contributed by atoms with E-state index >= 15 is 0 Å². The summed E-state index contributed by atoms with van der Waals surface area (Å²) in [6.45, 7) is 4.81. The lowest BCUT2D eigenvalue weighted by atomic mass is 9.76. The van der Waals surface area contributed by atoms with E-state index < -0.39 is 0 Å². The van der Waals surface area contributed by atoms with E-state index in [2.05, 4.69) is 249 Å². The first-order chi connectivity index (χ1) is 33.4. The highest BCUT2D eigenvalue weighted by Crippen LogP contribution is 2.51. The minimum absolute atomic E-state index is 0.0403. The number of allylic oxidation sites excluding steroid dienone is 5. The summed E-state index contributed by atoms with van der Waals surface area (Å²) in [6, 6.07) is 79.5. The Bertz CT molecular complexity index is 3720.